The molecule has 1 aromatic heterocycles. The number of aromatic nitrogens is 1. The zero-order chi connectivity index (χ0) is 14.8. The molecule has 1 amide bonds. The van der Waals surface area contributed by atoms with Crippen LogP contribution in [0.25, 0.3) is 10.9 Å². The predicted molar refractivity (Wildman–Crippen MR) is 69.8 cm³/mol. The Morgan fingerprint density at radius 3 is 2.70 bits per heavy atom. The fraction of sp³-hybridized carbons (Fsp3) is 0.231. The van der Waals surface area contributed by atoms with Gasteiger partial charge in [-0.2, -0.15) is 13.2 Å². The summed E-state index contributed by atoms with van der Waals surface area (Å²) in [4.78, 5) is 15.8. The summed E-state index contributed by atoms with van der Waals surface area (Å²) < 4.78 is 36.0. The van der Waals surface area contributed by atoms with Gasteiger partial charge in [0.15, 0.2) is 0 Å². The summed E-state index contributed by atoms with van der Waals surface area (Å²) in [5.74, 6) is -0.679. The van der Waals surface area contributed by atoms with E-state index in [0.29, 0.717) is 15.9 Å². The maximum atomic E-state index is 12.0. The molecule has 1 aromatic carbocycles. The van der Waals surface area contributed by atoms with Crippen molar-refractivity contribution >= 4 is 28.4 Å². The van der Waals surface area contributed by atoms with Gasteiger partial charge in [-0.25, -0.2) is 4.98 Å². The maximum Gasteiger partial charge on any atom is 0.390 e. The molecule has 1 N–H and O–H groups in total. The van der Waals surface area contributed by atoms with Crippen LogP contribution in [0.1, 0.15) is 16.9 Å². The topological polar surface area (TPSA) is 42.0 Å². The van der Waals surface area contributed by atoms with E-state index in [4.69, 9.17) is 11.6 Å². The van der Waals surface area contributed by atoms with Crippen LogP contribution in [0.3, 0.4) is 0 Å². The van der Waals surface area contributed by atoms with Gasteiger partial charge in [0.2, 0.25) is 0 Å². The highest BCUT2D eigenvalue weighted by Gasteiger charge is 2.26. The summed E-state index contributed by atoms with van der Waals surface area (Å²) in [6.45, 7) is -0.492. The first-order valence-corrected chi connectivity index (χ1v) is 6.15. The van der Waals surface area contributed by atoms with Gasteiger partial charge in [-0.15, -0.1) is 0 Å². The van der Waals surface area contributed by atoms with Gasteiger partial charge in [0.1, 0.15) is 5.69 Å². The molecule has 3 nitrogen and oxygen atoms in total. The van der Waals surface area contributed by atoms with Crippen LogP contribution < -0.4 is 5.32 Å². The normalized spacial score (nSPS) is 11.6. The van der Waals surface area contributed by atoms with Gasteiger partial charge in [-0.05, 0) is 12.1 Å². The average Bonchev–Trinajstić information content (AvgIpc) is 2.37. The molecule has 106 valence electrons. The zero-order valence-corrected chi connectivity index (χ0v) is 10.9. The number of pyridine rings is 1. The molecule has 0 saturated carbocycles. The van der Waals surface area contributed by atoms with E-state index in [2.05, 4.69) is 10.3 Å². The number of alkyl halides is 3. The summed E-state index contributed by atoms with van der Waals surface area (Å²) in [5.41, 5.74) is 0.511. The van der Waals surface area contributed by atoms with Gasteiger partial charge < -0.3 is 5.32 Å². The van der Waals surface area contributed by atoms with Gasteiger partial charge in [0.25, 0.3) is 5.91 Å². The number of amides is 1. The van der Waals surface area contributed by atoms with Crippen LogP contribution in [0.5, 0.6) is 0 Å². The first kappa shape index (κ1) is 14.6. The molecule has 0 unspecified atom stereocenters. The average molecular weight is 303 g/mol. The largest absolute Gasteiger partial charge is 0.390 e. The van der Waals surface area contributed by atoms with Crippen LogP contribution in [0.2, 0.25) is 5.02 Å². The molecule has 1 heterocycles. The van der Waals surface area contributed by atoms with Crippen molar-refractivity contribution in [1.29, 1.82) is 0 Å². The molecule has 0 radical (unpaired) electrons. The fourth-order valence-corrected chi connectivity index (χ4v) is 1.92. The minimum atomic E-state index is -4.30. The van der Waals surface area contributed by atoms with Crippen molar-refractivity contribution in [3.63, 3.8) is 0 Å². The molecular weight excluding hydrogens is 293 g/mol. The SMILES string of the molecule is O=C(NCCC(F)(F)F)c1cc(Cl)c2ccccc2n1. The van der Waals surface area contributed by atoms with Gasteiger partial charge in [-0.1, -0.05) is 29.8 Å². The quantitative estimate of drug-likeness (QED) is 0.942. The summed E-state index contributed by atoms with van der Waals surface area (Å²) in [7, 11) is 0. The van der Waals surface area contributed by atoms with Crippen molar-refractivity contribution in [3.05, 3.63) is 41.0 Å². The van der Waals surface area contributed by atoms with Crippen LogP contribution in [0.4, 0.5) is 13.2 Å². The number of carbonyl (C=O) groups is 1. The number of para-hydroxylation sites is 1. The lowest BCUT2D eigenvalue weighted by Crippen LogP contribution is -2.28. The third-order valence-electron chi connectivity index (χ3n) is 2.59. The Labute approximate surface area is 117 Å². The Morgan fingerprint density at radius 2 is 2.00 bits per heavy atom. The summed E-state index contributed by atoms with van der Waals surface area (Å²) in [6, 6.07) is 8.27. The molecular formula is C13H10ClF3N2O. The Balaban J connectivity index is 2.14. The molecule has 0 aliphatic carbocycles. The van der Waals surface area contributed by atoms with Crippen molar-refractivity contribution in [1.82, 2.24) is 10.3 Å². The zero-order valence-electron chi connectivity index (χ0n) is 10.2. The molecule has 0 bridgehead atoms. The van der Waals surface area contributed by atoms with Crippen LogP contribution in [-0.2, 0) is 0 Å². The summed E-state index contributed by atoms with van der Waals surface area (Å²) >= 11 is 6.01. The highest BCUT2D eigenvalue weighted by atomic mass is 35.5. The number of halogens is 4. The molecule has 7 heteroatoms. The molecule has 0 spiro atoms. The van der Waals surface area contributed by atoms with Crippen molar-refractivity contribution in [3.8, 4) is 0 Å². The smallest absolute Gasteiger partial charge is 0.350 e. The van der Waals surface area contributed by atoms with Crippen LogP contribution in [0, 0.1) is 0 Å². The summed E-state index contributed by atoms with van der Waals surface area (Å²) in [5, 5.41) is 3.18. The lowest BCUT2D eigenvalue weighted by atomic mass is 10.2. The Kier molecular flexibility index (Phi) is 4.13. The lowest BCUT2D eigenvalue weighted by molar-refractivity contribution is -0.132. The van der Waals surface area contributed by atoms with E-state index in [-0.39, 0.29) is 5.69 Å². The Bertz CT molecular complexity index is 643. The van der Waals surface area contributed by atoms with Crippen molar-refractivity contribution in [2.75, 3.05) is 6.54 Å². The van der Waals surface area contributed by atoms with Gasteiger partial charge in [-0.3, -0.25) is 4.79 Å². The Morgan fingerprint density at radius 1 is 1.30 bits per heavy atom. The minimum absolute atomic E-state index is 0.00382. The van der Waals surface area contributed by atoms with E-state index in [0.717, 1.165) is 0 Å². The van der Waals surface area contributed by atoms with E-state index >= 15 is 0 Å². The van der Waals surface area contributed by atoms with Gasteiger partial charge in [0.05, 0.1) is 17.0 Å². The number of nitrogens with zero attached hydrogens (tertiary/aromatic N) is 1. The van der Waals surface area contributed by atoms with Crippen molar-refractivity contribution < 1.29 is 18.0 Å². The number of benzene rings is 1. The molecule has 20 heavy (non-hydrogen) atoms. The molecule has 2 rings (SSSR count). The fourth-order valence-electron chi connectivity index (χ4n) is 1.66. The molecule has 0 saturated heterocycles. The third kappa shape index (κ3) is 3.60. The van der Waals surface area contributed by atoms with E-state index in [1.807, 2.05) is 0 Å². The molecule has 2 aromatic rings. The molecule has 0 fully saturated rings. The number of rotatable bonds is 3. The van der Waals surface area contributed by atoms with E-state index in [1.165, 1.54) is 6.07 Å². The predicted octanol–water partition coefficient (Wildman–Crippen LogP) is 3.57. The van der Waals surface area contributed by atoms with Crippen LogP contribution in [0.15, 0.2) is 30.3 Å². The monoisotopic (exact) mass is 302 g/mol. The van der Waals surface area contributed by atoms with Crippen LogP contribution in [-0.4, -0.2) is 23.6 Å². The van der Waals surface area contributed by atoms with E-state index in [1.54, 1.807) is 24.3 Å². The molecule has 0 aliphatic rings. The number of hydrogen-bond donors (Lipinski definition) is 1. The second kappa shape index (κ2) is 5.66. The first-order valence-electron chi connectivity index (χ1n) is 5.77. The Hall–Kier alpha value is -1.82. The maximum absolute atomic E-state index is 12.0. The number of carbonyl (C=O) groups excluding carboxylic acids is 1. The second-order valence-corrected chi connectivity index (χ2v) is 4.53. The first-order chi connectivity index (χ1) is 9.37. The second-order valence-electron chi connectivity index (χ2n) is 4.13. The standard InChI is InChI=1S/C13H10ClF3N2O/c14-9-7-11(12(20)18-6-5-13(15,16)17)19-10-4-2-1-3-8(9)10/h1-4,7H,5-6H2,(H,18,20). The minimum Gasteiger partial charge on any atom is -0.350 e. The molecule has 0 atom stereocenters. The van der Waals surface area contributed by atoms with E-state index in [9.17, 15) is 18.0 Å². The lowest BCUT2D eigenvalue weighted by Gasteiger charge is -2.08. The summed E-state index contributed by atoms with van der Waals surface area (Å²) in [6.07, 6.45) is -5.39. The van der Waals surface area contributed by atoms with Crippen LogP contribution >= 0.6 is 11.6 Å². The highest BCUT2D eigenvalue weighted by Crippen LogP contribution is 2.23. The van der Waals surface area contributed by atoms with E-state index < -0.39 is 25.0 Å². The number of hydrogen-bond acceptors (Lipinski definition) is 2. The third-order valence-corrected chi connectivity index (χ3v) is 2.91. The number of fused-ring (bicyclic) bond motifs is 1. The van der Waals surface area contributed by atoms with Crippen molar-refractivity contribution in [2.24, 2.45) is 0 Å². The van der Waals surface area contributed by atoms with Gasteiger partial charge >= 0.3 is 6.18 Å². The highest BCUT2D eigenvalue weighted by molar-refractivity contribution is 6.35. The number of nitrogens with one attached hydrogen (secondary N) is 1. The van der Waals surface area contributed by atoms with Gasteiger partial charge in [0, 0.05) is 11.9 Å². The molecule has 0 aliphatic heterocycles. The van der Waals surface area contributed by atoms with Crippen molar-refractivity contribution in [2.45, 2.75) is 12.6 Å².